The van der Waals surface area contributed by atoms with E-state index >= 15 is 0 Å². The number of hydrogen-bond acceptors (Lipinski definition) is 3. The van der Waals surface area contributed by atoms with Crippen molar-refractivity contribution < 1.29 is 26.7 Å². The van der Waals surface area contributed by atoms with E-state index < -0.39 is 29.4 Å². The molecule has 9 heteroatoms. The van der Waals surface area contributed by atoms with E-state index in [-0.39, 0.29) is 19.6 Å². The molecule has 0 fully saturated rings. The molecule has 0 aliphatic rings. The zero-order valence-electron chi connectivity index (χ0n) is 8.79. The van der Waals surface area contributed by atoms with Gasteiger partial charge in [0.2, 0.25) is 0 Å². The number of halogens is 3. The van der Waals surface area contributed by atoms with Crippen LogP contribution in [-0.2, 0) is 10.2 Å². The van der Waals surface area contributed by atoms with Crippen molar-refractivity contribution in [2.75, 3.05) is 26.7 Å². The topological polar surface area (TPSA) is 69.6 Å². The van der Waals surface area contributed by atoms with Crippen molar-refractivity contribution in [2.24, 2.45) is 0 Å². The molecule has 0 aromatic rings. The van der Waals surface area contributed by atoms with Crippen LogP contribution in [0.3, 0.4) is 0 Å². The van der Waals surface area contributed by atoms with Crippen LogP contribution < -0.4 is 4.72 Å². The molecule has 16 heavy (non-hydrogen) atoms. The monoisotopic (exact) mass is 264 g/mol. The molecule has 0 saturated heterocycles. The second kappa shape index (κ2) is 6.38. The molecular weight excluding hydrogens is 249 g/mol. The van der Waals surface area contributed by atoms with Gasteiger partial charge in [0.15, 0.2) is 0 Å². The van der Waals surface area contributed by atoms with Crippen LogP contribution in [0, 0.1) is 0 Å². The lowest BCUT2D eigenvalue weighted by Gasteiger charge is -2.17. The van der Waals surface area contributed by atoms with Gasteiger partial charge in [-0.25, -0.2) is 4.72 Å². The van der Waals surface area contributed by atoms with Gasteiger partial charge in [-0.3, -0.25) is 0 Å². The fourth-order valence-corrected chi connectivity index (χ4v) is 1.80. The molecule has 0 atom stereocenters. The fraction of sp³-hybridized carbons (Fsp3) is 1.00. The normalized spacial score (nSPS) is 13.4. The summed E-state index contributed by atoms with van der Waals surface area (Å²) in [6.07, 6.45) is -5.36. The van der Waals surface area contributed by atoms with Crippen molar-refractivity contribution >= 4 is 10.2 Å². The van der Waals surface area contributed by atoms with E-state index in [1.54, 1.807) is 0 Å². The van der Waals surface area contributed by atoms with Crippen molar-refractivity contribution in [2.45, 2.75) is 19.0 Å². The summed E-state index contributed by atoms with van der Waals surface area (Å²) in [5.74, 6) is 0. The van der Waals surface area contributed by atoms with Crippen molar-refractivity contribution in [3.05, 3.63) is 0 Å². The summed E-state index contributed by atoms with van der Waals surface area (Å²) >= 11 is 0. The van der Waals surface area contributed by atoms with Gasteiger partial charge in [-0.2, -0.15) is 25.9 Å². The van der Waals surface area contributed by atoms with Crippen molar-refractivity contribution in [3.8, 4) is 0 Å². The van der Waals surface area contributed by atoms with Crippen LogP contribution >= 0.6 is 0 Å². The summed E-state index contributed by atoms with van der Waals surface area (Å²) in [6, 6.07) is 0. The Hall–Kier alpha value is -0.380. The minimum absolute atomic E-state index is 0.0534. The number of nitrogens with zero attached hydrogens (tertiary/aromatic N) is 1. The maximum absolute atomic E-state index is 11.8. The van der Waals surface area contributed by atoms with E-state index in [1.165, 1.54) is 7.05 Å². The fourth-order valence-electron chi connectivity index (χ4n) is 0.845. The number of alkyl halides is 3. The number of aliphatic hydroxyl groups is 1. The molecule has 0 aromatic heterocycles. The van der Waals surface area contributed by atoms with Gasteiger partial charge in [0.1, 0.15) is 0 Å². The predicted octanol–water partition coefficient (Wildman–Crippen LogP) is 0.0874. The van der Waals surface area contributed by atoms with Crippen molar-refractivity contribution in [1.82, 2.24) is 9.03 Å². The molecule has 0 aliphatic carbocycles. The van der Waals surface area contributed by atoms with E-state index in [9.17, 15) is 21.6 Å². The highest BCUT2D eigenvalue weighted by Crippen LogP contribution is 2.18. The van der Waals surface area contributed by atoms with Gasteiger partial charge in [0.05, 0.1) is 6.42 Å². The Morgan fingerprint density at radius 2 is 1.94 bits per heavy atom. The van der Waals surface area contributed by atoms with Crippen LogP contribution in [0.4, 0.5) is 13.2 Å². The maximum Gasteiger partial charge on any atom is 0.390 e. The van der Waals surface area contributed by atoms with Crippen LogP contribution in [0.25, 0.3) is 0 Å². The summed E-state index contributed by atoms with van der Waals surface area (Å²) < 4.78 is 60.5. The Morgan fingerprint density at radius 1 is 1.38 bits per heavy atom. The first-order valence-electron chi connectivity index (χ1n) is 4.57. The molecule has 0 heterocycles. The zero-order valence-corrected chi connectivity index (χ0v) is 9.61. The van der Waals surface area contributed by atoms with Gasteiger partial charge in [-0.05, 0) is 6.42 Å². The number of rotatable bonds is 7. The van der Waals surface area contributed by atoms with Gasteiger partial charge in [0.25, 0.3) is 10.2 Å². The van der Waals surface area contributed by atoms with E-state index in [0.717, 1.165) is 4.31 Å². The van der Waals surface area contributed by atoms with E-state index in [0.29, 0.717) is 0 Å². The average Bonchev–Trinajstić information content (AvgIpc) is 2.11. The van der Waals surface area contributed by atoms with E-state index in [4.69, 9.17) is 5.11 Å². The lowest BCUT2D eigenvalue weighted by molar-refractivity contribution is -0.132. The van der Waals surface area contributed by atoms with Gasteiger partial charge in [-0.15, -0.1) is 0 Å². The van der Waals surface area contributed by atoms with E-state index in [2.05, 4.69) is 0 Å². The van der Waals surface area contributed by atoms with Crippen molar-refractivity contribution in [1.29, 1.82) is 0 Å². The van der Waals surface area contributed by atoms with Crippen LogP contribution in [0.2, 0.25) is 0 Å². The Labute approximate surface area is 92.4 Å². The number of hydrogen-bond donors (Lipinski definition) is 2. The molecule has 98 valence electrons. The molecule has 0 rings (SSSR count). The summed E-state index contributed by atoms with van der Waals surface area (Å²) in [6.45, 7) is -0.810. The standard InChI is InChI=1S/C7H15F3N2O3S/c1-12(5-2-6-13)16(14,15)11-4-3-7(8,9)10/h11,13H,2-6H2,1H3. The van der Waals surface area contributed by atoms with Crippen LogP contribution in [0.1, 0.15) is 12.8 Å². The quantitative estimate of drug-likeness (QED) is 0.684. The van der Waals surface area contributed by atoms with Gasteiger partial charge in [-0.1, -0.05) is 0 Å². The lowest BCUT2D eigenvalue weighted by atomic mass is 10.4. The van der Waals surface area contributed by atoms with Gasteiger partial charge in [0, 0.05) is 26.7 Å². The number of aliphatic hydroxyl groups excluding tert-OH is 1. The molecule has 0 spiro atoms. The second-order valence-corrected chi connectivity index (χ2v) is 5.03. The molecule has 0 aliphatic heterocycles. The van der Waals surface area contributed by atoms with Crippen LogP contribution in [0.15, 0.2) is 0 Å². The molecule has 0 aromatic carbocycles. The minimum Gasteiger partial charge on any atom is -0.396 e. The molecule has 0 unspecified atom stereocenters. The molecule has 0 amide bonds. The first-order valence-corrected chi connectivity index (χ1v) is 6.01. The SMILES string of the molecule is CN(CCCO)S(=O)(=O)NCCC(F)(F)F. The highest BCUT2D eigenvalue weighted by atomic mass is 32.2. The van der Waals surface area contributed by atoms with Gasteiger partial charge < -0.3 is 5.11 Å². The summed E-state index contributed by atoms with van der Waals surface area (Å²) in [5.41, 5.74) is 0. The summed E-state index contributed by atoms with van der Waals surface area (Å²) in [4.78, 5) is 0. The Kier molecular flexibility index (Phi) is 6.23. The molecule has 0 saturated carbocycles. The van der Waals surface area contributed by atoms with E-state index in [1.807, 2.05) is 4.72 Å². The first-order chi connectivity index (χ1) is 7.19. The predicted molar refractivity (Wildman–Crippen MR) is 51.9 cm³/mol. The third-order valence-electron chi connectivity index (χ3n) is 1.73. The molecule has 0 radical (unpaired) electrons. The van der Waals surface area contributed by atoms with Crippen molar-refractivity contribution in [3.63, 3.8) is 0 Å². The van der Waals surface area contributed by atoms with Crippen LogP contribution in [-0.4, -0.2) is 50.7 Å². The molecular formula is C7H15F3N2O3S. The first kappa shape index (κ1) is 15.6. The Bertz CT molecular complexity index is 292. The largest absolute Gasteiger partial charge is 0.396 e. The molecule has 2 N–H and O–H groups in total. The maximum atomic E-state index is 11.8. The molecule has 0 bridgehead atoms. The third kappa shape index (κ3) is 6.99. The average molecular weight is 264 g/mol. The smallest absolute Gasteiger partial charge is 0.390 e. The third-order valence-corrected chi connectivity index (χ3v) is 3.31. The minimum atomic E-state index is -4.38. The lowest BCUT2D eigenvalue weighted by Crippen LogP contribution is -2.40. The summed E-state index contributed by atoms with van der Waals surface area (Å²) in [7, 11) is -2.65. The Morgan fingerprint density at radius 3 is 2.38 bits per heavy atom. The highest BCUT2D eigenvalue weighted by molar-refractivity contribution is 7.87. The highest BCUT2D eigenvalue weighted by Gasteiger charge is 2.27. The van der Waals surface area contributed by atoms with Gasteiger partial charge >= 0.3 is 6.18 Å². The van der Waals surface area contributed by atoms with Crippen LogP contribution in [0.5, 0.6) is 0 Å². The Balaban J connectivity index is 4.05. The second-order valence-electron chi connectivity index (χ2n) is 3.16. The zero-order chi connectivity index (χ0) is 12.8. The number of nitrogens with one attached hydrogen (secondary N) is 1. The molecule has 5 nitrogen and oxygen atoms in total. The summed E-state index contributed by atoms with van der Waals surface area (Å²) in [5, 5.41) is 8.47.